The van der Waals surface area contributed by atoms with Crippen LogP contribution in [0.5, 0.6) is 11.8 Å². The van der Waals surface area contributed by atoms with Crippen LogP contribution in [0.2, 0.25) is 10.0 Å². The maximum Gasteiger partial charge on any atom is 0.345 e. The Balaban J connectivity index is 1.18. The van der Waals surface area contributed by atoms with Gasteiger partial charge < -0.3 is 30.2 Å². The summed E-state index contributed by atoms with van der Waals surface area (Å²) in [6.45, 7) is -1.37. The Hall–Kier alpha value is -4.01. The minimum Gasteiger partial charge on any atom is -0.480 e. The number of nitrogens with one attached hydrogen (secondary N) is 3. The van der Waals surface area contributed by atoms with E-state index in [-0.39, 0.29) is 18.0 Å². The summed E-state index contributed by atoms with van der Waals surface area (Å²) in [5.74, 6) is 0.759. The second-order valence-electron chi connectivity index (χ2n) is 11.8. The molecule has 0 radical (unpaired) electrons. The molecule has 4 aromatic rings. The SMILES string of the molecule is COc1nc(-c2cccc(-c3cccc(-c4cnc(CNC5CC(OC(F)F)C5)c(OC)n4)c3Cl)c2Cl)cnc1CNCC1CCC(=O)N1. The van der Waals surface area contributed by atoms with Crippen molar-refractivity contribution in [3.63, 3.8) is 0 Å². The van der Waals surface area contributed by atoms with Crippen LogP contribution in [0.25, 0.3) is 33.6 Å². The third-order valence-electron chi connectivity index (χ3n) is 8.57. The zero-order valence-electron chi connectivity index (χ0n) is 26.8. The minimum atomic E-state index is -2.76. The van der Waals surface area contributed by atoms with Gasteiger partial charge in [-0.3, -0.25) is 14.8 Å². The number of alkyl halides is 2. The molecule has 3 heterocycles. The van der Waals surface area contributed by atoms with Gasteiger partial charge >= 0.3 is 6.61 Å². The highest BCUT2D eigenvalue weighted by Gasteiger charge is 2.32. The molecule has 1 saturated heterocycles. The normalized spacial score (nSPS) is 18.8. The summed E-state index contributed by atoms with van der Waals surface area (Å²) in [4.78, 5) is 30.0. The molecule has 1 amide bonds. The van der Waals surface area contributed by atoms with Gasteiger partial charge in [-0.1, -0.05) is 59.6 Å². The monoisotopic (exact) mass is 713 g/mol. The zero-order chi connectivity index (χ0) is 34.5. The van der Waals surface area contributed by atoms with Gasteiger partial charge in [0.25, 0.3) is 0 Å². The number of nitrogens with zero attached hydrogens (tertiary/aromatic N) is 4. The van der Waals surface area contributed by atoms with Gasteiger partial charge in [0.05, 0.1) is 54.2 Å². The minimum absolute atomic E-state index is 0.0432. The maximum atomic E-state index is 12.4. The van der Waals surface area contributed by atoms with E-state index < -0.39 is 12.7 Å². The summed E-state index contributed by atoms with van der Waals surface area (Å²) < 4.78 is 40.5. The van der Waals surface area contributed by atoms with Crippen LogP contribution in [-0.2, 0) is 22.6 Å². The van der Waals surface area contributed by atoms with Crippen LogP contribution in [0.15, 0.2) is 48.8 Å². The first-order chi connectivity index (χ1) is 23.7. The molecule has 11 nitrogen and oxygen atoms in total. The third-order valence-corrected chi connectivity index (χ3v) is 9.38. The van der Waals surface area contributed by atoms with E-state index in [0.29, 0.717) is 106 Å². The molecular formula is C34H35Cl2F2N7O4. The fourth-order valence-corrected chi connectivity index (χ4v) is 6.57. The van der Waals surface area contributed by atoms with Gasteiger partial charge in [-0.05, 0) is 19.3 Å². The van der Waals surface area contributed by atoms with E-state index in [1.165, 1.54) is 14.2 Å². The van der Waals surface area contributed by atoms with Gasteiger partial charge in [0.2, 0.25) is 17.7 Å². The largest absolute Gasteiger partial charge is 0.480 e. The van der Waals surface area contributed by atoms with Crippen LogP contribution in [0, 0.1) is 0 Å². The number of aromatic nitrogens is 4. The molecule has 2 fully saturated rings. The molecule has 1 unspecified atom stereocenters. The summed E-state index contributed by atoms with van der Waals surface area (Å²) in [6.07, 6.45) is 5.16. The van der Waals surface area contributed by atoms with E-state index in [1.807, 2.05) is 36.4 Å². The molecule has 2 aliphatic rings. The molecule has 3 N–H and O–H groups in total. The first kappa shape index (κ1) is 34.8. The molecule has 0 bridgehead atoms. The van der Waals surface area contributed by atoms with Crippen molar-refractivity contribution >= 4 is 29.1 Å². The number of hydrogen-bond acceptors (Lipinski definition) is 10. The Labute approximate surface area is 292 Å². The van der Waals surface area contributed by atoms with Gasteiger partial charge in [-0.25, -0.2) is 9.97 Å². The van der Waals surface area contributed by atoms with Gasteiger partial charge in [-0.15, -0.1) is 0 Å². The van der Waals surface area contributed by atoms with Crippen molar-refractivity contribution in [3.05, 3.63) is 70.2 Å². The lowest BCUT2D eigenvalue weighted by Gasteiger charge is -2.35. The fraction of sp³-hybridized carbons (Fsp3) is 0.382. The topological polar surface area (TPSA) is 132 Å². The molecule has 2 aromatic heterocycles. The number of benzene rings is 2. The molecule has 1 aliphatic heterocycles. The molecule has 258 valence electrons. The maximum absolute atomic E-state index is 12.4. The van der Waals surface area contributed by atoms with Gasteiger partial charge in [-0.2, -0.15) is 8.78 Å². The third kappa shape index (κ3) is 8.08. The van der Waals surface area contributed by atoms with E-state index in [9.17, 15) is 13.6 Å². The van der Waals surface area contributed by atoms with E-state index in [2.05, 4.69) is 35.6 Å². The number of methoxy groups -OCH3 is 2. The molecule has 6 rings (SSSR count). The number of amides is 1. The number of carbonyl (C=O) groups is 1. The van der Waals surface area contributed by atoms with E-state index in [1.54, 1.807) is 12.4 Å². The van der Waals surface area contributed by atoms with Gasteiger partial charge in [0, 0.05) is 60.4 Å². The highest BCUT2D eigenvalue weighted by atomic mass is 35.5. The molecule has 15 heteroatoms. The molecule has 1 atom stereocenters. The quantitative estimate of drug-likeness (QED) is 0.147. The highest BCUT2D eigenvalue weighted by Crippen LogP contribution is 2.42. The molecule has 49 heavy (non-hydrogen) atoms. The number of carbonyl (C=O) groups excluding carboxylic acids is 1. The Morgan fingerprint density at radius 2 is 1.43 bits per heavy atom. The molecule has 1 saturated carbocycles. The second kappa shape index (κ2) is 15.7. The summed E-state index contributed by atoms with van der Waals surface area (Å²) in [5, 5.41) is 10.4. The number of hydrogen-bond donors (Lipinski definition) is 3. The van der Waals surface area contributed by atoms with Crippen molar-refractivity contribution < 1.29 is 27.8 Å². The van der Waals surface area contributed by atoms with E-state index in [0.717, 1.165) is 6.42 Å². The lowest BCUT2D eigenvalue weighted by Crippen LogP contribution is -2.45. The average molecular weight is 715 g/mol. The lowest BCUT2D eigenvalue weighted by atomic mass is 9.89. The Morgan fingerprint density at radius 3 is 1.94 bits per heavy atom. The highest BCUT2D eigenvalue weighted by molar-refractivity contribution is 6.39. The predicted octanol–water partition coefficient (Wildman–Crippen LogP) is 5.82. The van der Waals surface area contributed by atoms with Crippen LogP contribution in [0.1, 0.15) is 37.1 Å². The smallest absolute Gasteiger partial charge is 0.345 e. The van der Waals surface area contributed by atoms with Crippen LogP contribution in [-0.4, -0.2) is 71.4 Å². The van der Waals surface area contributed by atoms with Crippen molar-refractivity contribution in [3.8, 4) is 45.4 Å². The van der Waals surface area contributed by atoms with E-state index in [4.69, 9.17) is 37.7 Å². The summed E-state index contributed by atoms with van der Waals surface area (Å²) in [5.41, 5.74) is 4.89. The number of halogens is 4. The van der Waals surface area contributed by atoms with Gasteiger partial charge in [0.15, 0.2) is 0 Å². The summed E-state index contributed by atoms with van der Waals surface area (Å²) in [7, 11) is 3.05. The molecular weight excluding hydrogens is 679 g/mol. The van der Waals surface area contributed by atoms with Crippen LogP contribution >= 0.6 is 23.2 Å². The molecule has 1 aliphatic carbocycles. The number of rotatable bonds is 14. The Kier molecular flexibility index (Phi) is 11.2. The van der Waals surface area contributed by atoms with Gasteiger partial charge in [0.1, 0.15) is 11.4 Å². The number of ether oxygens (including phenoxy) is 3. The fourth-order valence-electron chi connectivity index (χ4n) is 5.92. The van der Waals surface area contributed by atoms with E-state index >= 15 is 0 Å². The van der Waals surface area contributed by atoms with Crippen molar-refractivity contribution in [2.45, 2.75) is 63.6 Å². The Bertz CT molecular complexity index is 1810. The first-order valence-electron chi connectivity index (χ1n) is 15.8. The van der Waals surface area contributed by atoms with Crippen molar-refractivity contribution in [2.75, 3.05) is 20.8 Å². The predicted molar refractivity (Wildman–Crippen MR) is 181 cm³/mol. The van der Waals surface area contributed by atoms with Crippen LogP contribution in [0.4, 0.5) is 8.78 Å². The zero-order valence-corrected chi connectivity index (χ0v) is 28.3. The Morgan fingerprint density at radius 1 is 0.878 bits per heavy atom. The summed E-state index contributed by atoms with van der Waals surface area (Å²) in [6, 6.07) is 11.3. The van der Waals surface area contributed by atoms with Crippen molar-refractivity contribution in [1.29, 1.82) is 0 Å². The molecule has 2 aromatic carbocycles. The standard InChI is InChI=1S/C34H35Cl2F2N7O4/c1-47-32-27(14-39-13-18-9-10-29(46)43-18)41-15-25(44-32)23-7-3-5-21(30(23)35)22-6-4-8-24(31(22)36)26-16-42-28(33(45-26)48-2)17-40-19-11-20(12-19)49-34(37)38/h3-8,15-16,18-20,34,39-40H,9-14,17H2,1-2H3,(H,43,46). The first-order valence-corrected chi connectivity index (χ1v) is 16.5. The van der Waals surface area contributed by atoms with Crippen LogP contribution in [0.3, 0.4) is 0 Å². The second-order valence-corrected chi connectivity index (χ2v) is 12.5. The van der Waals surface area contributed by atoms with Crippen LogP contribution < -0.4 is 25.4 Å². The van der Waals surface area contributed by atoms with Crippen molar-refractivity contribution in [1.82, 2.24) is 35.9 Å². The van der Waals surface area contributed by atoms with Crippen molar-refractivity contribution in [2.24, 2.45) is 0 Å². The lowest BCUT2D eigenvalue weighted by molar-refractivity contribution is -0.185. The molecule has 0 spiro atoms. The average Bonchev–Trinajstić information content (AvgIpc) is 3.50. The summed E-state index contributed by atoms with van der Waals surface area (Å²) >= 11 is 14.0.